The van der Waals surface area contributed by atoms with E-state index in [4.69, 9.17) is 0 Å². The fraction of sp³-hybridized carbons (Fsp3) is 0.833. The van der Waals surface area contributed by atoms with Crippen molar-refractivity contribution in [2.75, 3.05) is 0 Å². The number of hydrogen-bond donors (Lipinski definition) is 1. The van der Waals surface area contributed by atoms with Crippen LogP contribution in [0, 0.1) is 0 Å². The van der Waals surface area contributed by atoms with Crippen LogP contribution >= 0.6 is 38.6 Å². The van der Waals surface area contributed by atoms with E-state index in [-0.39, 0.29) is 6.10 Å². The average Bonchev–Trinajstić information content (AvgIpc) is 3.51. The monoisotopic (exact) mass is 654 g/mol. The first-order chi connectivity index (χ1) is 19.7. The maximum absolute atomic E-state index is 11.0. The van der Waals surface area contributed by atoms with Crippen LogP contribution in [0.2, 0.25) is 0 Å². The summed E-state index contributed by atoms with van der Waals surface area (Å²) in [6, 6.07) is 0. The van der Waals surface area contributed by atoms with Gasteiger partial charge in [0.2, 0.25) is 0 Å². The number of thiophene rings is 2. The molecule has 0 bridgehead atoms. The zero-order chi connectivity index (χ0) is 28.7. The van der Waals surface area contributed by atoms with Crippen molar-refractivity contribution in [3.8, 4) is 0 Å². The Morgan fingerprint density at radius 2 is 0.975 bits per heavy atom. The van der Waals surface area contributed by atoms with E-state index >= 15 is 0 Å². The van der Waals surface area contributed by atoms with Crippen LogP contribution in [0.25, 0.3) is 9.40 Å². The Hall–Kier alpha value is 0.1000. The molecule has 2 rings (SSSR count). The highest BCUT2D eigenvalue weighted by atomic mass is 79.9. The van der Waals surface area contributed by atoms with Gasteiger partial charge in [-0.1, -0.05) is 168 Å². The maximum Gasteiger partial charge on any atom is 0.0894 e. The lowest BCUT2D eigenvalue weighted by Crippen LogP contribution is -1.95. The molecule has 0 saturated carbocycles. The second kappa shape index (κ2) is 24.5. The molecule has 0 amide bonds. The van der Waals surface area contributed by atoms with E-state index in [1.165, 1.54) is 180 Å². The van der Waals surface area contributed by atoms with Crippen LogP contribution in [0.1, 0.15) is 197 Å². The number of fused-ring (bicyclic) bond motifs is 1. The Morgan fingerprint density at radius 3 is 1.43 bits per heavy atom. The van der Waals surface area contributed by atoms with Gasteiger partial charge >= 0.3 is 0 Å². The van der Waals surface area contributed by atoms with Gasteiger partial charge in [0.1, 0.15) is 0 Å². The van der Waals surface area contributed by atoms with Crippen LogP contribution in [0.4, 0.5) is 0 Å². The van der Waals surface area contributed by atoms with Crippen LogP contribution in [0.5, 0.6) is 0 Å². The van der Waals surface area contributed by atoms with E-state index < -0.39 is 0 Å². The molecule has 0 spiro atoms. The molecule has 1 unspecified atom stereocenters. The van der Waals surface area contributed by atoms with Crippen molar-refractivity contribution in [2.24, 2.45) is 0 Å². The van der Waals surface area contributed by atoms with Crippen LogP contribution in [-0.2, 0) is 6.42 Å². The minimum atomic E-state index is -0.314. The fourth-order valence-corrected chi connectivity index (χ4v) is 9.57. The average molecular weight is 656 g/mol. The molecule has 40 heavy (non-hydrogen) atoms. The fourth-order valence-electron chi connectivity index (χ4n) is 5.94. The number of hydrogen-bond acceptors (Lipinski definition) is 3. The number of aliphatic hydroxyl groups is 1. The summed E-state index contributed by atoms with van der Waals surface area (Å²) in [5.41, 5.74) is 1.51. The maximum atomic E-state index is 11.0. The molecule has 0 fully saturated rings. The first-order valence-corrected chi connectivity index (χ1v) is 20.0. The van der Waals surface area contributed by atoms with Gasteiger partial charge in [-0.15, -0.1) is 22.7 Å². The normalized spacial score (nSPS) is 12.6. The van der Waals surface area contributed by atoms with Crippen LogP contribution < -0.4 is 0 Å². The van der Waals surface area contributed by atoms with Gasteiger partial charge in [-0.3, -0.25) is 0 Å². The zero-order valence-electron chi connectivity index (χ0n) is 26.4. The molecule has 2 aromatic heterocycles. The molecule has 1 nitrogen and oxygen atoms in total. The molecule has 232 valence electrons. The Balaban J connectivity index is 1.53. The van der Waals surface area contributed by atoms with Gasteiger partial charge < -0.3 is 5.11 Å². The molecule has 2 heterocycles. The predicted octanol–water partition coefficient (Wildman–Crippen LogP) is 14.5. The molecule has 0 aliphatic rings. The molecule has 0 saturated heterocycles. The first-order valence-electron chi connectivity index (χ1n) is 17.5. The van der Waals surface area contributed by atoms with Gasteiger partial charge in [0.05, 0.1) is 15.3 Å². The Bertz CT molecular complexity index is 841. The Labute approximate surface area is 265 Å². The summed E-state index contributed by atoms with van der Waals surface area (Å²) in [5.74, 6) is 0. The van der Waals surface area contributed by atoms with Crippen molar-refractivity contribution in [2.45, 2.75) is 193 Å². The van der Waals surface area contributed by atoms with E-state index in [2.05, 4.69) is 35.2 Å². The number of aryl methyl sites for hydroxylation is 1. The molecule has 1 N–H and O–H groups in total. The topological polar surface area (TPSA) is 20.2 Å². The number of unbranched alkanes of at least 4 members (excludes halogenated alkanes) is 23. The van der Waals surface area contributed by atoms with Crippen LogP contribution in [0.15, 0.2) is 9.85 Å². The largest absolute Gasteiger partial charge is 0.388 e. The quantitative estimate of drug-likeness (QED) is 0.0905. The molecule has 0 aliphatic heterocycles. The summed E-state index contributed by atoms with van der Waals surface area (Å²) < 4.78 is 3.96. The SMILES string of the molecule is CCCCCCCCCCCCCCCc1csc2c(Br)c(C(O)CCCCCCCCCCCCCC)sc12. The zero-order valence-corrected chi connectivity index (χ0v) is 29.6. The lowest BCUT2D eigenvalue weighted by atomic mass is 10.0. The molecule has 0 aliphatic carbocycles. The summed E-state index contributed by atoms with van der Waals surface area (Å²) in [4.78, 5) is 1.16. The van der Waals surface area contributed by atoms with Gasteiger partial charge in [0, 0.05) is 9.58 Å². The number of aliphatic hydroxyl groups excluding tert-OH is 1. The van der Waals surface area contributed by atoms with Crippen molar-refractivity contribution < 1.29 is 5.11 Å². The summed E-state index contributed by atoms with van der Waals surface area (Å²) in [6.07, 6.45) is 36.5. The molecular weight excluding hydrogens is 592 g/mol. The summed E-state index contributed by atoms with van der Waals surface area (Å²) in [6.45, 7) is 4.59. The number of halogens is 1. The van der Waals surface area contributed by atoms with E-state index in [1.54, 1.807) is 0 Å². The number of rotatable bonds is 28. The Kier molecular flexibility index (Phi) is 22.3. The third-order valence-electron chi connectivity index (χ3n) is 8.63. The minimum Gasteiger partial charge on any atom is -0.388 e. The highest BCUT2D eigenvalue weighted by Crippen LogP contribution is 2.45. The van der Waals surface area contributed by atoms with Gasteiger partial charge in [-0.2, -0.15) is 0 Å². The van der Waals surface area contributed by atoms with Crippen molar-refractivity contribution in [3.63, 3.8) is 0 Å². The Morgan fingerprint density at radius 1 is 0.575 bits per heavy atom. The predicted molar refractivity (Wildman–Crippen MR) is 187 cm³/mol. The van der Waals surface area contributed by atoms with Gasteiger partial charge in [-0.05, 0) is 46.1 Å². The standard InChI is InChI=1S/C36H63BrOS2/c1-3-5-7-9-11-13-15-17-18-20-22-24-26-28-31-30-39-36-33(37)35(40-34(31)36)32(38)29-27-25-23-21-19-16-14-12-10-8-6-4-2/h30,32,38H,3-29H2,1-2H3. The summed E-state index contributed by atoms with van der Waals surface area (Å²) >= 11 is 7.56. The van der Waals surface area contributed by atoms with Crippen molar-refractivity contribution >= 4 is 48.0 Å². The van der Waals surface area contributed by atoms with Gasteiger partial charge in [-0.25, -0.2) is 0 Å². The third kappa shape index (κ3) is 15.5. The van der Waals surface area contributed by atoms with Gasteiger partial charge in [0.25, 0.3) is 0 Å². The van der Waals surface area contributed by atoms with E-state index in [0.29, 0.717) is 0 Å². The summed E-state index contributed by atoms with van der Waals surface area (Å²) in [7, 11) is 0. The molecule has 0 aromatic carbocycles. The van der Waals surface area contributed by atoms with Crippen molar-refractivity contribution in [1.82, 2.24) is 0 Å². The lowest BCUT2D eigenvalue weighted by molar-refractivity contribution is 0.166. The molecule has 4 heteroatoms. The highest BCUT2D eigenvalue weighted by Gasteiger charge is 2.20. The summed E-state index contributed by atoms with van der Waals surface area (Å²) in [5, 5.41) is 13.3. The van der Waals surface area contributed by atoms with E-state index in [9.17, 15) is 5.11 Å². The van der Waals surface area contributed by atoms with Crippen LogP contribution in [0.3, 0.4) is 0 Å². The first kappa shape index (κ1) is 36.3. The molecule has 2 aromatic rings. The van der Waals surface area contributed by atoms with Crippen molar-refractivity contribution in [3.05, 3.63) is 20.3 Å². The molecular formula is C36H63BrOS2. The molecule has 0 radical (unpaired) electrons. The molecule has 1 atom stereocenters. The third-order valence-corrected chi connectivity index (χ3v) is 12.5. The van der Waals surface area contributed by atoms with Gasteiger partial charge in [0.15, 0.2) is 0 Å². The van der Waals surface area contributed by atoms with Crippen molar-refractivity contribution in [1.29, 1.82) is 0 Å². The lowest BCUT2D eigenvalue weighted by Gasteiger charge is -2.09. The van der Waals surface area contributed by atoms with E-state index in [1.807, 2.05) is 22.7 Å². The minimum absolute atomic E-state index is 0.314. The second-order valence-electron chi connectivity index (χ2n) is 12.4. The smallest absolute Gasteiger partial charge is 0.0894 e. The van der Waals surface area contributed by atoms with Crippen LogP contribution in [-0.4, -0.2) is 5.11 Å². The second-order valence-corrected chi connectivity index (χ2v) is 15.1. The van der Waals surface area contributed by atoms with E-state index in [0.717, 1.165) is 17.7 Å². The highest BCUT2D eigenvalue weighted by molar-refractivity contribution is 9.10.